The van der Waals surface area contributed by atoms with E-state index in [-0.39, 0.29) is 6.54 Å². The molecule has 21 heavy (non-hydrogen) atoms. The Morgan fingerprint density at radius 2 is 2.05 bits per heavy atom. The number of benzene rings is 1. The van der Waals surface area contributed by atoms with E-state index in [1.54, 1.807) is 24.3 Å². The van der Waals surface area contributed by atoms with E-state index in [1.807, 2.05) is 0 Å². The van der Waals surface area contributed by atoms with Crippen LogP contribution in [0.5, 0.6) is 5.75 Å². The van der Waals surface area contributed by atoms with Gasteiger partial charge in [0.1, 0.15) is 11.3 Å². The van der Waals surface area contributed by atoms with Crippen LogP contribution in [0.2, 0.25) is 0 Å². The average Bonchev–Trinajstić information content (AvgIpc) is 2.37. The second-order valence-corrected chi connectivity index (χ2v) is 6.92. The smallest absolute Gasteiger partial charge is 0.324 e. The Balaban J connectivity index is 2.86. The van der Waals surface area contributed by atoms with Crippen LogP contribution in [-0.2, 0) is 21.5 Å². The van der Waals surface area contributed by atoms with Gasteiger partial charge in [-0.15, -0.1) is 0 Å². The van der Waals surface area contributed by atoms with Crippen LogP contribution in [0.4, 0.5) is 0 Å². The first kappa shape index (κ1) is 17.4. The number of nitrogens with one attached hydrogen (secondary N) is 1. The minimum atomic E-state index is -3.92. The lowest BCUT2D eigenvalue weighted by Crippen LogP contribution is -2.53. The summed E-state index contributed by atoms with van der Waals surface area (Å²) in [7, 11) is -1.02. The molecule has 8 heteroatoms. The van der Waals surface area contributed by atoms with Gasteiger partial charge < -0.3 is 9.84 Å². The number of carboxylic acids is 1. The highest BCUT2D eigenvalue weighted by molar-refractivity contribution is 7.87. The lowest BCUT2D eigenvalue weighted by molar-refractivity contribution is -0.142. The Morgan fingerprint density at radius 3 is 2.57 bits per heavy atom. The summed E-state index contributed by atoms with van der Waals surface area (Å²) in [4.78, 5) is 11.0. The molecule has 0 radical (unpaired) electrons. The van der Waals surface area contributed by atoms with E-state index in [4.69, 9.17) is 9.84 Å². The molecule has 1 rings (SSSR count). The highest BCUT2D eigenvalue weighted by Gasteiger charge is 2.34. The Kier molecular flexibility index (Phi) is 5.32. The Hall–Kier alpha value is -1.64. The third kappa shape index (κ3) is 4.69. The van der Waals surface area contributed by atoms with E-state index in [2.05, 4.69) is 4.72 Å². The van der Waals surface area contributed by atoms with Crippen molar-refractivity contribution in [3.05, 3.63) is 29.8 Å². The zero-order chi connectivity index (χ0) is 16.3. The van der Waals surface area contributed by atoms with E-state index in [1.165, 1.54) is 28.0 Å². The predicted molar refractivity (Wildman–Crippen MR) is 78.2 cm³/mol. The summed E-state index contributed by atoms with van der Waals surface area (Å²) in [6.45, 7) is 2.67. The zero-order valence-corrected chi connectivity index (χ0v) is 13.3. The largest absolute Gasteiger partial charge is 0.497 e. The number of carboxylic acid groups (broad SMARTS) is 1. The Bertz CT molecular complexity index is 613. The van der Waals surface area contributed by atoms with Crippen LogP contribution >= 0.6 is 0 Å². The molecule has 0 bridgehead atoms. The summed E-state index contributed by atoms with van der Waals surface area (Å²) in [6, 6.07) is 6.98. The van der Waals surface area contributed by atoms with Crippen LogP contribution in [0.25, 0.3) is 0 Å². The number of methoxy groups -OCH3 is 1. The minimum absolute atomic E-state index is 0.0994. The fourth-order valence-electron chi connectivity index (χ4n) is 1.56. The molecule has 0 aliphatic heterocycles. The predicted octanol–water partition coefficient (Wildman–Crippen LogP) is 0.825. The molecule has 118 valence electrons. The monoisotopic (exact) mass is 316 g/mol. The van der Waals surface area contributed by atoms with Gasteiger partial charge in [-0.1, -0.05) is 12.1 Å². The van der Waals surface area contributed by atoms with Crippen molar-refractivity contribution in [2.45, 2.75) is 25.9 Å². The summed E-state index contributed by atoms with van der Waals surface area (Å²) >= 11 is 0. The molecule has 0 unspecified atom stereocenters. The van der Waals surface area contributed by atoms with Crippen molar-refractivity contribution >= 4 is 16.2 Å². The van der Waals surface area contributed by atoms with Crippen LogP contribution in [0.1, 0.15) is 19.4 Å². The van der Waals surface area contributed by atoms with E-state index in [0.29, 0.717) is 5.75 Å². The number of nitrogens with zero attached hydrogens (tertiary/aromatic N) is 1. The number of carbonyl (C=O) groups is 1. The van der Waals surface area contributed by atoms with E-state index in [9.17, 15) is 13.2 Å². The third-order valence-corrected chi connectivity index (χ3v) is 4.59. The van der Waals surface area contributed by atoms with Gasteiger partial charge in [0, 0.05) is 13.6 Å². The number of hydrogen-bond acceptors (Lipinski definition) is 4. The second-order valence-electron chi connectivity index (χ2n) is 5.14. The van der Waals surface area contributed by atoms with Gasteiger partial charge in [-0.2, -0.15) is 17.4 Å². The molecule has 0 aliphatic carbocycles. The van der Waals surface area contributed by atoms with Gasteiger partial charge in [-0.3, -0.25) is 4.79 Å². The molecule has 0 spiro atoms. The molecule has 0 aliphatic rings. The summed E-state index contributed by atoms with van der Waals surface area (Å²) in [6.07, 6.45) is 0. The minimum Gasteiger partial charge on any atom is -0.497 e. The number of ether oxygens (including phenoxy) is 1. The summed E-state index contributed by atoms with van der Waals surface area (Å²) in [5, 5.41) is 8.98. The van der Waals surface area contributed by atoms with Gasteiger partial charge in [0.15, 0.2) is 0 Å². The first-order valence-corrected chi connectivity index (χ1v) is 7.64. The molecule has 0 heterocycles. The van der Waals surface area contributed by atoms with Gasteiger partial charge in [-0.25, -0.2) is 0 Å². The van der Waals surface area contributed by atoms with Gasteiger partial charge in [-0.05, 0) is 31.5 Å². The fraction of sp³-hybridized carbons (Fsp3) is 0.462. The molecule has 0 saturated heterocycles. The van der Waals surface area contributed by atoms with Crippen LogP contribution in [0, 0.1) is 0 Å². The SMILES string of the molecule is COc1cccc(CN(C)S(=O)(=O)NC(C)(C)C(=O)O)c1. The van der Waals surface area contributed by atoms with Gasteiger partial charge >= 0.3 is 5.97 Å². The normalized spacial score (nSPS) is 12.4. The molecule has 0 atom stereocenters. The summed E-state index contributed by atoms with van der Waals surface area (Å²) in [5.74, 6) is -0.627. The van der Waals surface area contributed by atoms with Crippen molar-refractivity contribution in [1.82, 2.24) is 9.03 Å². The first-order chi connectivity index (χ1) is 9.58. The molecular weight excluding hydrogens is 296 g/mol. The van der Waals surface area contributed by atoms with E-state index in [0.717, 1.165) is 9.87 Å². The maximum absolute atomic E-state index is 12.1. The Labute approximate surface area is 124 Å². The number of rotatable bonds is 7. The molecule has 7 nitrogen and oxygen atoms in total. The van der Waals surface area contributed by atoms with Gasteiger partial charge in [0.05, 0.1) is 7.11 Å². The van der Waals surface area contributed by atoms with Crippen molar-refractivity contribution in [3.8, 4) is 5.75 Å². The third-order valence-electron chi connectivity index (χ3n) is 2.87. The molecule has 0 amide bonds. The van der Waals surface area contributed by atoms with Crippen molar-refractivity contribution in [3.63, 3.8) is 0 Å². The quantitative estimate of drug-likeness (QED) is 0.776. The Morgan fingerprint density at radius 1 is 1.43 bits per heavy atom. The van der Waals surface area contributed by atoms with Crippen molar-refractivity contribution < 1.29 is 23.1 Å². The summed E-state index contributed by atoms with van der Waals surface area (Å²) in [5.41, 5.74) is -0.850. The highest BCUT2D eigenvalue weighted by atomic mass is 32.2. The lowest BCUT2D eigenvalue weighted by Gasteiger charge is -2.25. The maximum Gasteiger partial charge on any atom is 0.324 e. The van der Waals surface area contributed by atoms with Crippen molar-refractivity contribution in [2.75, 3.05) is 14.2 Å². The maximum atomic E-state index is 12.1. The molecule has 1 aromatic rings. The molecule has 0 fully saturated rings. The van der Waals surface area contributed by atoms with Crippen LogP contribution < -0.4 is 9.46 Å². The van der Waals surface area contributed by atoms with Gasteiger partial charge in [0.2, 0.25) is 0 Å². The van der Waals surface area contributed by atoms with Crippen molar-refractivity contribution in [2.24, 2.45) is 0 Å². The number of aliphatic carboxylic acids is 1. The van der Waals surface area contributed by atoms with Crippen molar-refractivity contribution in [1.29, 1.82) is 0 Å². The van der Waals surface area contributed by atoms with Crippen LogP contribution in [0.3, 0.4) is 0 Å². The standard InChI is InChI=1S/C13H20N2O5S/c1-13(2,12(16)17)14-21(18,19)15(3)9-10-6-5-7-11(8-10)20-4/h5-8,14H,9H2,1-4H3,(H,16,17). The zero-order valence-electron chi connectivity index (χ0n) is 12.5. The van der Waals surface area contributed by atoms with Crippen LogP contribution in [0.15, 0.2) is 24.3 Å². The van der Waals surface area contributed by atoms with E-state index < -0.39 is 21.7 Å². The molecule has 0 saturated carbocycles. The topological polar surface area (TPSA) is 95.9 Å². The molecule has 1 aromatic carbocycles. The van der Waals surface area contributed by atoms with Gasteiger partial charge in [0.25, 0.3) is 10.2 Å². The van der Waals surface area contributed by atoms with E-state index >= 15 is 0 Å². The van der Waals surface area contributed by atoms with Crippen LogP contribution in [-0.4, -0.2) is 43.5 Å². The molecule has 2 N–H and O–H groups in total. The average molecular weight is 316 g/mol. The lowest BCUT2D eigenvalue weighted by atomic mass is 10.1. The summed E-state index contributed by atoms with van der Waals surface area (Å²) < 4.78 is 32.5. The second kappa shape index (κ2) is 6.42. The fourth-order valence-corrected chi connectivity index (χ4v) is 2.76. The number of hydrogen-bond donors (Lipinski definition) is 2. The highest BCUT2D eigenvalue weighted by Crippen LogP contribution is 2.15. The molecular formula is C13H20N2O5S. The first-order valence-electron chi connectivity index (χ1n) is 6.20. The molecule has 0 aromatic heterocycles.